The minimum Gasteiger partial charge on any atom is -0.490 e. The molecule has 6 nitrogen and oxygen atoms in total. The van der Waals surface area contributed by atoms with Crippen LogP contribution in [0.1, 0.15) is 43.2 Å². The molecule has 9 heteroatoms. The number of nitrogens with zero attached hydrogens (tertiary/aromatic N) is 3. The fourth-order valence-electron chi connectivity index (χ4n) is 3.67. The second-order valence-electron chi connectivity index (χ2n) is 7.80. The van der Waals surface area contributed by atoms with Gasteiger partial charge in [0.05, 0.1) is 17.7 Å². The zero-order chi connectivity index (χ0) is 23.3. The predicted octanol–water partition coefficient (Wildman–Crippen LogP) is 6.57. The lowest BCUT2D eigenvalue weighted by molar-refractivity contribution is -0.137. The average molecular weight is 453 g/mol. The molecule has 1 aromatic heterocycles. The highest BCUT2D eigenvalue weighted by Gasteiger charge is 2.35. The summed E-state index contributed by atoms with van der Waals surface area (Å²) < 4.78 is 46.5. The van der Waals surface area contributed by atoms with Gasteiger partial charge < -0.3 is 15.4 Å². The van der Waals surface area contributed by atoms with Gasteiger partial charge in [-0.2, -0.15) is 23.4 Å². The van der Waals surface area contributed by atoms with Crippen molar-refractivity contribution in [3.8, 4) is 11.8 Å². The van der Waals surface area contributed by atoms with Gasteiger partial charge in [0.2, 0.25) is 5.95 Å². The third kappa shape index (κ3) is 5.92. The van der Waals surface area contributed by atoms with Crippen LogP contribution in [0, 0.1) is 11.3 Å². The number of hydrogen-bond acceptors (Lipinski definition) is 6. The Morgan fingerprint density at radius 1 is 0.970 bits per heavy atom. The van der Waals surface area contributed by atoms with Gasteiger partial charge in [0.25, 0.3) is 0 Å². The quantitative estimate of drug-likeness (QED) is 0.439. The van der Waals surface area contributed by atoms with Gasteiger partial charge >= 0.3 is 6.18 Å². The van der Waals surface area contributed by atoms with Crippen LogP contribution < -0.4 is 15.4 Å². The molecule has 0 aliphatic heterocycles. The van der Waals surface area contributed by atoms with E-state index in [2.05, 4.69) is 20.6 Å². The smallest absolute Gasteiger partial charge is 0.421 e. The molecule has 1 aliphatic carbocycles. The van der Waals surface area contributed by atoms with Crippen LogP contribution in [0.4, 0.5) is 36.3 Å². The lowest BCUT2D eigenvalue weighted by Crippen LogP contribution is -2.19. The van der Waals surface area contributed by atoms with Crippen molar-refractivity contribution in [3.63, 3.8) is 0 Å². The van der Waals surface area contributed by atoms with E-state index in [0.29, 0.717) is 16.9 Å². The van der Waals surface area contributed by atoms with Gasteiger partial charge in [-0.15, -0.1) is 0 Å². The Hall–Kier alpha value is -3.80. The molecule has 1 aliphatic rings. The Bertz CT molecular complexity index is 1140. The number of anilines is 4. The van der Waals surface area contributed by atoms with Crippen molar-refractivity contribution in [1.29, 1.82) is 5.26 Å². The summed E-state index contributed by atoms with van der Waals surface area (Å²) in [6.45, 7) is 0. The Labute approximate surface area is 189 Å². The van der Waals surface area contributed by atoms with E-state index in [1.165, 1.54) is 25.3 Å². The van der Waals surface area contributed by atoms with E-state index >= 15 is 0 Å². The molecule has 4 rings (SSSR count). The molecule has 33 heavy (non-hydrogen) atoms. The third-order valence-corrected chi connectivity index (χ3v) is 5.31. The first kappa shape index (κ1) is 22.4. The summed E-state index contributed by atoms with van der Waals surface area (Å²) in [4.78, 5) is 7.86. The molecular formula is C24H22F3N5O. The number of aromatic nitrogens is 2. The predicted molar refractivity (Wildman–Crippen MR) is 119 cm³/mol. The van der Waals surface area contributed by atoms with Crippen molar-refractivity contribution in [3.05, 3.63) is 65.9 Å². The monoisotopic (exact) mass is 453 g/mol. The number of benzene rings is 2. The summed E-state index contributed by atoms with van der Waals surface area (Å²) in [7, 11) is 0. The van der Waals surface area contributed by atoms with Gasteiger partial charge in [-0.05, 0) is 68.1 Å². The molecule has 0 saturated heterocycles. The van der Waals surface area contributed by atoms with E-state index in [-0.39, 0.29) is 12.1 Å². The first-order valence-electron chi connectivity index (χ1n) is 10.7. The molecule has 1 fully saturated rings. The SMILES string of the molecule is N#Cc1cccc(Nc2nc(Nc3ccc(OC4CCCCC4)cc3)ncc2C(F)(F)F)c1. The van der Waals surface area contributed by atoms with E-state index in [9.17, 15) is 13.2 Å². The summed E-state index contributed by atoms with van der Waals surface area (Å²) in [5.74, 6) is 0.343. The molecule has 1 heterocycles. The lowest BCUT2D eigenvalue weighted by atomic mass is 9.98. The molecule has 0 radical (unpaired) electrons. The molecule has 1 saturated carbocycles. The maximum atomic E-state index is 13.5. The number of halogens is 3. The van der Waals surface area contributed by atoms with Crippen molar-refractivity contribution in [2.24, 2.45) is 0 Å². The molecule has 0 bridgehead atoms. The van der Waals surface area contributed by atoms with Gasteiger partial charge in [0, 0.05) is 17.6 Å². The van der Waals surface area contributed by atoms with Crippen molar-refractivity contribution in [2.45, 2.75) is 44.4 Å². The molecule has 0 unspecified atom stereocenters. The fourth-order valence-corrected chi connectivity index (χ4v) is 3.67. The molecule has 0 spiro atoms. The standard InChI is InChI=1S/C24H22F3N5O/c25-24(26,27)21-15-29-23(32-22(21)30-18-6-4-5-16(13-18)14-28)31-17-9-11-20(12-10-17)33-19-7-2-1-3-8-19/h4-6,9-13,15,19H,1-3,7-8H2,(H2,29,30,31,32). The summed E-state index contributed by atoms with van der Waals surface area (Å²) in [5.41, 5.74) is 0.236. The summed E-state index contributed by atoms with van der Waals surface area (Å²) >= 11 is 0. The number of ether oxygens (including phenoxy) is 1. The van der Waals surface area contributed by atoms with Crippen LogP contribution >= 0.6 is 0 Å². The van der Waals surface area contributed by atoms with Crippen molar-refractivity contribution >= 4 is 23.1 Å². The topological polar surface area (TPSA) is 82.9 Å². The van der Waals surface area contributed by atoms with Crippen molar-refractivity contribution in [1.82, 2.24) is 9.97 Å². The molecule has 170 valence electrons. The highest BCUT2D eigenvalue weighted by molar-refractivity contribution is 5.64. The minimum absolute atomic E-state index is 0.00267. The Morgan fingerprint density at radius 3 is 2.42 bits per heavy atom. The zero-order valence-electron chi connectivity index (χ0n) is 17.7. The van der Waals surface area contributed by atoms with Gasteiger partial charge in [0.15, 0.2) is 0 Å². The number of rotatable bonds is 6. The molecule has 0 amide bonds. The van der Waals surface area contributed by atoms with E-state index in [4.69, 9.17) is 10.00 Å². The fraction of sp³-hybridized carbons (Fsp3) is 0.292. The van der Waals surface area contributed by atoms with E-state index < -0.39 is 17.6 Å². The van der Waals surface area contributed by atoms with Crippen LogP contribution in [0.5, 0.6) is 5.75 Å². The van der Waals surface area contributed by atoms with Gasteiger partial charge in [-0.3, -0.25) is 0 Å². The van der Waals surface area contributed by atoms with Gasteiger partial charge in [-0.25, -0.2) is 4.98 Å². The Kier molecular flexibility index (Phi) is 6.63. The van der Waals surface area contributed by atoms with Crippen LogP contribution in [0.2, 0.25) is 0 Å². The van der Waals surface area contributed by atoms with E-state index in [1.54, 1.807) is 30.3 Å². The summed E-state index contributed by atoms with van der Waals surface area (Å²) in [6.07, 6.45) is 2.00. The van der Waals surface area contributed by atoms with E-state index in [0.717, 1.165) is 24.8 Å². The van der Waals surface area contributed by atoms with E-state index in [1.807, 2.05) is 18.2 Å². The first-order chi connectivity index (χ1) is 15.9. The Morgan fingerprint density at radius 2 is 1.73 bits per heavy atom. The third-order valence-electron chi connectivity index (χ3n) is 5.31. The summed E-state index contributed by atoms with van der Waals surface area (Å²) in [5, 5.41) is 14.6. The average Bonchev–Trinajstić information content (AvgIpc) is 2.80. The number of hydrogen-bond donors (Lipinski definition) is 2. The summed E-state index contributed by atoms with van der Waals surface area (Å²) in [6, 6.07) is 15.3. The molecular weight excluding hydrogens is 431 g/mol. The normalized spacial score (nSPS) is 14.4. The van der Waals surface area contributed by atoms with Crippen LogP contribution in [-0.2, 0) is 6.18 Å². The number of nitrogens with one attached hydrogen (secondary N) is 2. The number of alkyl halides is 3. The van der Waals surface area contributed by atoms with Crippen LogP contribution in [0.3, 0.4) is 0 Å². The molecule has 3 aromatic rings. The van der Waals surface area contributed by atoms with Crippen molar-refractivity contribution in [2.75, 3.05) is 10.6 Å². The molecule has 2 N–H and O–H groups in total. The second kappa shape index (κ2) is 9.77. The largest absolute Gasteiger partial charge is 0.490 e. The number of nitriles is 1. The first-order valence-corrected chi connectivity index (χ1v) is 10.7. The van der Waals surface area contributed by atoms with Crippen LogP contribution in [-0.4, -0.2) is 16.1 Å². The lowest BCUT2D eigenvalue weighted by Gasteiger charge is -2.23. The second-order valence-corrected chi connectivity index (χ2v) is 7.80. The molecule has 0 atom stereocenters. The van der Waals surface area contributed by atoms with Crippen LogP contribution in [0.25, 0.3) is 0 Å². The molecule has 2 aromatic carbocycles. The Balaban J connectivity index is 1.51. The zero-order valence-corrected chi connectivity index (χ0v) is 17.7. The van der Waals surface area contributed by atoms with Gasteiger partial charge in [-0.1, -0.05) is 12.5 Å². The maximum Gasteiger partial charge on any atom is 0.421 e. The van der Waals surface area contributed by atoms with Crippen molar-refractivity contribution < 1.29 is 17.9 Å². The van der Waals surface area contributed by atoms with Gasteiger partial charge in [0.1, 0.15) is 17.1 Å². The highest BCUT2D eigenvalue weighted by atomic mass is 19.4. The van der Waals surface area contributed by atoms with Crippen LogP contribution in [0.15, 0.2) is 54.7 Å². The minimum atomic E-state index is -4.65. The maximum absolute atomic E-state index is 13.5. The highest BCUT2D eigenvalue weighted by Crippen LogP contribution is 2.35.